The molecule has 1 heteroatoms. The number of aryl methyl sites for hydroxylation is 2. The van der Waals surface area contributed by atoms with Gasteiger partial charge in [-0.05, 0) is 43.4 Å². The van der Waals surface area contributed by atoms with Gasteiger partial charge in [-0.2, -0.15) is 0 Å². The quantitative estimate of drug-likeness (QED) is 0.625. The summed E-state index contributed by atoms with van der Waals surface area (Å²) < 4.78 is 0. The number of aromatic amines is 1. The van der Waals surface area contributed by atoms with E-state index in [0.717, 1.165) is 0 Å². The molecule has 0 fully saturated rings. The molecule has 0 saturated carbocycles. The Bertz CT molecular complexity index is 439. The normalized spacial score (nSPS) is 16.0. The highest BCUT2D eigenvalue weighted by molar-refractivity contribution is 5.84. The van der Waals surface area contributed by atoms with Crippen molar-refractivity contribution in [3.05, 3.63) is 35.5 Å². The fourth-order valence-electron chi connectivity index (χ4n) is 2.30. The van der Waals surface area contributed by atoms with Crippen LogP contribution in [0.5, 0.6) is 0 Å². The molecule has 13 heavy (non-hydrogen) atoms. The van der Waals surface area contributed by atoms with Crippen LogP contribution in [0.3, 0.4) is 0 Å². The summed E-state index contributed by atoms with van der Waals surface area (Å²) in [7, 11) is 0. The van der Waals surface area contributed by atoms with Crippen molar-refractivity contribution in [2.24, 2.45) is 0 Å². The molecule has 1 aromatic heterocycles. The number of benzene rings is 1. The molecule has 1 N–H and O–H groups in total. The van der Waals surface area contributed by atoms with Crippen molar-refractivity contribution in [1.82, 2.24) is 4.98 Å². The molecule has 0 aliphatic heterocycles. The number of rotatable bonds is 0. The Balaban J connectivity index is 2.34. The molecule has 0 bridgehead atoms. The Kier molecular flexibility index (Phi) is 1.45. The van der Waals surface area contributed by atoms with Gasteiger partial charge in [0.05, 0.1) is 0 Å². The molecule has 2 aromatic rings. The van der Waals surface area contributed by atoms with E-state index in [9.17, 15) is 0 Å². The first-order chi connectivity index (χ1) is 6.45. The Labute approximate surface area is 77.8 Å². The molecule has 1 aromatic carbocycles. The first-order valence-electron chi connectivity index (χ1n) is 4.95. The van der Waals surface area contributed by atoms with Crippen LogP contribution in [0.4, 0.5) is 0 Å². The van der Waals surface area contributed by atoms with Gasteiger partial charge in [0.1, 0.15) is 0 Å². The van der Waals surface area contributed by atoms with E-state index in [-0.39, 0.29) is 0 Å². The zero-order valence-corrected chi connectivity index (χ0v) is 7.56. The molecule has 1 heterocycles. The lowest BCUT2D eigenvalue weighted by Crippen LogP contribution is -1.99. The summed E-state index contributed by atoms with van der Waals surface area (Å²) in [5.41, 5.74) is 4.27. The van der Waals surface area contributed by atoms with Crippen molar-refractivity contribution in [1.29, 1.82) is 0 Å². The number of fused-ring (bicyclic) bond motifs is 3. The van der Waals surface area contributed by atoms with E-state index in [0.29, 0.717) is 0 Å². The minimum atomic E-state index is 1.23. The van der Waals surface area contributed by atoms with Gasteiger partial charge in [-0.1, -0.05) is 12.1 Å². The van der Waals surface area contributed by atoms with E-state index in [1.165, 1.54) is 42.3 Å². The largest absolute Gasteiger partial charge is 0.358 e. The standard InChI is InChI=1S/C12H12N/c1-3-7-11-9(5-1)10-6-2-4-8-12(10)13-11/h1,5,7,13H,2,4,6,8H2. The minimum absolute atomic E-state index is 1.23. The van der Waals surface area contributed by atoms with Crippen LogP contribution in [0, 0.1) is 6.07 Å². The average Bonchev–Trinajstić information content (AvgIpc) is 2.56. The molecule has 1 radical (unpaired) electrons. The van der Waals surface area contributed by atoms with Crippen molar-refractivity contribution in [2.75, 3.05) is 0 Å². The fourth-order valence-corrected chi connectivity index (χ4v) is 2.30. The molecule has 0 spiro atoms. The summed E-state index contributed by atoms with van der Waals surface area (Å²) in [6.07, 6.45) is 5.16. The van der Waals surface area contributed by atoms with E-state index in [1.54, 1.807) is 5.56 Å². The third kappa shape index (κ3) is 0.998. The summed E-state index contributed by atoms with van der Waals surface area (Å²) in [4.78, 5) is 3.48. The lowest BCUT2D eigenvalue weighted by atomic mass is 9.96. The van der Waals surface area contributed by atoms with Crippen molar-refractivity contribution in [3.8, 4) is 0 Å². The van der Waals surface area contributed by atoms with Gasteiger partial charge in [0, 0.05) is 16.6 Å². The lowest BCUT2D eigenvalue weighted by molar-refractivity contribution is 0.680. The summed E-state index contributed by atoms with van der Waals surface area (Å²) >= 11 is 0. The Morgan fingerprint density at radius 1 is 1.23 bits per heavy atom. The van der Waals surface area contributed by atoms with Crippen LogP contribution in [0.2, 0.25) is 0 Å². The first-order valence-corrected chi connectivity index (χ1v) is 4.95. The van der Waals surface area contributed by atoms with Gasteiger partial charge < -0.3 is 4.98 Å². The number of hydrogen-bond donors (Lipinski definition) is 1. The number of aromatic nitrogens is 1. The van der Waals surface area contributed by atoms with Crippen LogP contribution < -0.4 is 0 Å². The van der Waals surface area contributed by atoms with E-state index >= 15 is 0 Å². The van der Waals surface area contributed by atoms with Gasteiger partial charge in [-0.15, -0.1) is 0 Å². The second-order valence-electron chi connectivity index (χ2n) is 3.76. The summed E-state index contributed by atoms with van der Waals surface area (Å²) in [6.45, 7) is 0. The first kappa shape index (κ1) is 7.19. The molecule has 1 aliphatic rings. The molecule has 0 unspecified atom stereocenters. The van der Waals surface area contributed by atoms with Crippen molar-refractivity contribution < 1.29 is 0 Å². The zero-order valence-electron chi connectivity index (χ0n) is 7.56. The average molecular weight is 170 g/mol. The van der Waals surface area contributed by atoms with Crippen molar-refractivity contribution in [3.63, 3.8) is 0 Å². The smallest absolute Gasteiger partial charge is 0.0465 e. The Morgan fingerprint density at radius 3 is 3.15 bits per heavy atom. The minimum Gasteiger partial charge on any atom is -0.358 e. The third-order valence-electron chi connectivity index (χ3n) is 2.94. The number of nitrogens with one attached hydrogen (secondary N) is 1. The summed E-state index contributed by atoms with van der Waals surface area (Å²) in [6, 6.07) is 9.34. The van der Waals surface area contributed by atoms with E-state index in [1.807, 2.05) is 12.1 Å². The molecule has 1 nitrogen and oxygen atoms in total. The van der Waals surface area contributed by atoms with Crippen LogP contribution in [-0.4, -0.2) is 4.98 Å². The van der Waals surface area contributed by atoms with Crippen LogP contribution in [0.1, 0.15) is 24.1 Å². The van der Waals surface area contributed by atoms with Gasteiger partial charge in [0.15, 0.2) is 0 Å². The monoisotopic (exact) mass is 170 g/mol. The second kappa shape index (κ2) is 2.63. The maximum atomic E-state index is 3.48. The topological polar surface area (TPSA) is 15.8 Å². The number of hydrogen-bond acceptors (Lipinski definition) is 0. The van der Waals surface area contributed by atoms with Crippen LogP contribution in [-0.2, 0) is 12.8 Å². The molecule has 0 atom stereocenters. The van der Waals surface area contributed by atoms with Gasteiger partial charge in [-0.25, -0.2) is 0 Å². The summed E-state index contributed by atoms with van der Waals surface area (Å²) in [5, 5.41) is 1.41. The van der Waals surface area contributed by atoms with Gasteiger partial charge in [0.2, 0.25) is 0 Å². The lowest BCUT2D eigenvalue weighted by Gasteiger charge is -2.10. The summed E-state index contributed by atoms with van der Waals surface area (Å²) in [5.74, 6) is 0. The van der Waals surface area contributed by atoms with Gasteiger partial charge in [0.25, 0.3) is 0 Å². The molecule has 0 amide bonds. The van der Waals surface area contributed by atoms with Crippen LogP contribution in [0.25, 0.3) is 10.9 Å². The van der Waals surface area contributed by atoms with Crippen molar-refractivity contribution >= 4 is 10.9 Å². The molecule has 0 saturated heterocycles. The Hall–Kier alpha value is -1.24. The molecule has 65 valence electrons. The highest BCUT2D eigenvalue weighted by Gasteiger charge is 2.13. The number of H-pyrrole nitrogens is 1. The molecular formula is C12H12N. The third-order valence-corrected chi connectivity index (χ3v) is 2.94. The predicted molar refractivity (Wildman–Crippen MR) is 53.8 cm³/mol. The van der Waals surface area contributed by atoms with E-state index in [4.69, 9.17) is 0 Å². The molecule has 3 rings (SSSR count). The predicted octanol–water partition coefficient (Wildman–Crippen LogP) is 2.85. The van der Waals surface area contributed by atoms with Gasteiger partial charge in [-0.3, -0.25) is 0 Å². The molecule has 1 aliphatic carbocycles. The maximum Gasteiger partial charge on any atom is 0.0465 e. The zero-order chi connectivity index (χ0) is 8.67. The SMILES string of the molecule is [c]1ccc2c3c([nH]c2c1)CCCC3. The molecular weight excluding hydrogens is 158 g/mol. The van der Waals surface area contributed by atoms with E-state index in [2.05, 4.69) is 17.1 Å². The Morgan fingerprint density at radius 2 is 2.15 bits per heavy atom. The maximum absolute atomic E-state index is 3.48. The van der Waals surface area contributed by atoms with Crippen LogP contribution >= 0.6 is 0 Å². The van der Waals surface area contributed by atoms with Crippen LogP contribution in [0.15, 0.2) is 18.2 Å². The fraction of sp³-hybridized carbons (Fsp3) is 0.333. The van der Waals surface area contributed by atoms with Gasteiger partial charge >= 0.3 is 0 Å². The highest BCUT2D eigenvalue weighted by Crippen LogP contribution is 2.28. The van der Waals surface area contributed by atoms with E-state index < -0.39 is 0 Å². The second-order valence-corrected chi connectivity index (χ2v) is 3.76. The van der Waals surface area contributed by atoms with Crippen molar-refractivity contribution in [2.45, 2.75) is 25.7 Å². The highest BCUT2D eigenvalue weighted by atomic mass is 14.7.